The van der Waals surface area contributed by atoms with Crippen molar-refractivity contribution in [2.75, 3.05) is 7.05 Å². The topological polar surface area (TPSA) is 49.4 Å². The first-order valence-corrected chi connectivity index (χ1v) is 6.59. The van der Waals surface area contributed by atoms with Gasteiger partial charge in [-0.15, -0.1) is 0 Å². The number of hydrogen-bond acceptors (Lipinski definition) is 3. The van der Waals surface area contributed by atoms with E-state index in [1.807, 2.05) is 37.3 Å². The minimum absolute atomic E-state index is 0. The number of thiocarbonyl (C=S) groups is 1. The molecule has 1 aliphatic rings. The van der Waals surface area contributed by atoms with E-state index >= 15 is 0 Å². The van der Waals surface area contributed by atoms with E-state index in [1.54, 1.807) is 7.05 Å². The van der Waals surface area contributed by atoms with Gasteiger partial charge in [0.25, 0.3) is 0 Å². The fourth-order valence-electron chi connectivity index (χ4n) is 2.35. The van der Waals surface area contributed by atoms with Crippen molar-refractivity contribution in [1.29, 1.82) is 0 Å². The van der Waals surface area contributed by atoms with Crippen LogP contribution in [0.2, 0.25) is 0 Å². The maximum Gasteiger partial charge on any atom is 1.00 e. The first-order chi connectivity index (χ1) is 9.01. The number of carbonyl (C=O) groups is 2. The molecule has 1 N–H and O–H groups in total. The van der Waals surface area contributed by atoms with Crippen LogP contribution < -0.4 is 34.9 Å². The summed E-state index contributed by atoms with van der Waals surface area (Å²) in [5.74, 6) is -0.528. The summed E-state index contributed by atoms with van der Waals surface area (Å²) in [6.07, 6.45) is 0.835. The van der Waals surface area contributed by atoms with E-state index in [2.05, 4.69) is 5.32 Å². The van der Waals surface area contributed by atoms with Crippen molar-refractivity contribution in [2.45, 2.75) is 19.8 Å². The standard InChI is InChI=1S/C14H16N2O2S.Na/c1-3-14(9-10-7-5-4-6-8-10)11(17)15-13(19)16(2)12(14)18;/h4-8H,3,9H2,1-2H3,(H,15,17,19);/q;+1. The molecule has 1 unspecified atom stereocenters. The molecule has 100 valence electrons. The minimum Gasteiger partial charge on any atom is -0.302 e. The molecule has 0 aromatic heterocycles. The summed E-state index contributed by atoms with van der Waals surface area (Å²) in [5, 5.41) is 2.79. The SMILES string of the molecule is CCC1(Cc2ccccc2)C(=O)NC(=S)N(C)C1=O.[Na+]. The Bertz CT molecular complexity index is 535. The molecule has 20 heavy (non-hydrogen) atoms. The van der Waals surface area contributed by atoms with Gasteiger partial charge in [-0.25, -0.2) is 0 Å². The van der Waals surface area contributed by atoms with Crippen molar-refractivity contribution in [3.8, 4) is 0 Å². The number of amides is 2. The molecule has 1 heterocycles. The maximum absolute atomic E-state index is 12.5. The number of hydrogen-bond donors (Lipinski definition) is 1. The van der Waals surface area contributed by atoms with E-state index in [1.165, 1.54) is 4.90 Å². The van der Waals surface area contributed by atoms with Gasteiger partial charge in [-0.2, -0.15) is 0 Å². The fourth-order valence-corrected chi connectivity index (χ4v) is 2.52. The summed E-state index contributed by atoms with van der Waals surface area (Å²) in [5.41, 5.74) is -0.0904. The molecule has 2 amide bonds. The molecule has 1 atom stereocenters. The quantitative estimate of drug-likeness (QED) is 0.420. The second kappa shape index (κ2) is 6.80. The molecule has 1 saturated heterocycles. The zero-order valence-electron chi connectivity index (χ0n) is 12.0. The summed E-state index contributed by atoms with van der Waals surface area (Å²) in [6.45, 7) is 1.85. The first-order valence-electron chi connectivity index (χ1n) is 6.19. The van der Waals surface area contributed by atoms with Crippen LogP contribution in [0.25, 0.3) is 0 Å². The van der Waals surface area contributed by atoms with Crippen molar-refractivity contribution in [3.05, 3.63) is 35.9 Å². The number of benzene rings is 1. The Morgan fingerprint density at radius 1 is 1.25 bits per heavy atom. The number of carbonyl (C=O) groups excluding carboxylic acids is 2. The molecular formula is C14H16N2NaO2S+. The average molecular weight is 299 g/mol. The summed E-state index contributed by atoms with van der Waals surface area (Å²) in [4.78, 5) is 26.1. The van der Waals surface area contributed by atoms with Gasteiger partial charge in [0.05, 0.1) is 0 Å². The average Bonchev–Trinajstić information content (AvgIpc) is 2.42. The second-order valence-corrected chi connectivity index (χ2v) is 5.11. The van der Waals surface area contributed by atoms with Crippen molar-refractivity contribution in [1.82, 2.24) is 10.2 Å². The van der Waals surface area contributed by atoms with Gasteiger partial charge >= 0.3 is 29.6 Å². The van der Waals surface area contributed by atoms with Crippen LogP contribution in [0, 0.1) is 5.41 Å². The molecular weight excluding hydrogens is 283 g/mol. The Balaban J connectivity index is 0.00000200. The van der Waals surface area contributed by atoms with Gasteiger partial charge in [0, 0.05) is 7.05 Å². The third-order valence-corrected chi connectivity index (χ3v) is 4.00. The zero-order valence-corrected chi connectivity index (χ0v) is 14.8. The van der Waals surface area contributed by atoms with E-state index in [9.17, 15) is 9.59 Å². The summed E-state index contributed by atoms with van der Waals surface area (Å²) < 4.78 is 0. The summed E-state index contributed by atoms with van der Waals surface area (Å²) in [6, 6.07) is 9.55. The molecule has 0 aliphatic carbocycles. The van der Waals surface area contributed by atoms with Gasteiger partial charge in [-0.1, -0.05) is 37.3 Å². The third-order valence-electron chi connectivity index (χ3n) is 3.63. The molecule has 1 fully saturated rings. The van der Waals surface area contributed by atoms with Crippen molar-refractivity contribution >= 4 is 29.1 Å². The van der Waals surface area contributed by atoms with E-state index < -0.39 is 5.41 Å². The second-order valence-electron chi connectivity index (χ2n) is 4.72. The third kappa shape index (κ3) is 2.96. The van der Waals surface area contributed by atoms with Crippen LogP contribution in [0.4, 0.5) is 0 Å². The molecule has 2 rings (SSSR count). The fraction of sp³-hybridized carbons (Fsp3) is 0.357. The van der Waals surface area contributed by atoms with Crippen LogP contribution in [0.15, 0.2) is 30.3 Å². The maximum atomic E-state index is 12.5. The van der Waals surface area contributed by atoms with Gasteiger partial charge in [0.15, 0.2) is 5.11 Å². The Kier molecular flexibility index (Phi) is 5.89. The van der Waals surface area contributed by atoms with E-state index in [-0.39, 0.29) is 46.5 Å². The number of nitrogens with zero attached hydrogens (tertiary/aromatic N) is 1. The summed E-state index contributed by atoms with van der Waals surface area (Å²) in [7, 11) is 1.60. The van der Waals surface area contributed by atoms with E-state index in [0.717, 1.165) is 5.56 Å². The predicted octanol–water partition coefficient (Wildman–Crippen LogP) is -1.50. The Morgan fingerprint density at radius 3 is 2.40 bits per heavy atom. The van der Waals surface area contributed by atoms with Crippen molar-refractivity contribution in [2.24, 2.45) is 5.41 Å². The number of nitrogens with one attached hydrogen (secondary N) is 1. The molecule has 0 radical (unpaired) electrons. The van der Waals surface area contributed by atoms with Crippen molar-refractivity contribution in [3.63, 3.8) is 0 Å². The van der Waals surface area contributed by atoms with Crippen LogP contribution in [-0.2, 0) is 16.0 Å². The molecule has 1 aromatic rings. The van der Waals surface area contributed by atoms with Crippen LogP contribution in [-0.4, -0.2) is 28.9 Å². The zero-order chi connectivity index (χ0) is 14.0. The largest absolute Gasteiger partial charge is 1.00 e. The molecule has 6 heteroatoms. The molecule has 4 nitrogen and oxygen atoms in total. The Morgan fingerprint density at radius 2 is 1.85 bits per heavy atom. The minimum atomic E-state index is -1.06. The van der Waals surface area contributed by atoms with Gasteiger partial charge in [0.1, 0.15) is 5.41 Å². The first kappa shape index (κ1) is 17.3. The smallest absolute Gasteiger partial charge is 0.302 e. The number of rotatable bonds is 3. The van der Waals surface area contributed by atoms with Crippen LogP contribution in [0.3, 0.4) is 0 Å². The Hall–Kier alpha value is -0.750. The van der Waals surface area contributed by atoms with Gasteiger partial charge < -0.3 is 5.32 Å². The van der Waals surface area contributed by atoms with Gasteiger partial charge in [-0.3, -0.25) is 14.5 Å². The molecule has 1 aliphatic heterocycles. The molecule has 0 bridgehead atoms. The molecule has 0 saturated carbocycles. The van der Waals surface area contributed by atoms with Gasteiger partial charge in [0.2, 0.25) is 11.8 Å². The van der Waals surface area contributed by atoms with Crippen LogP contribution >= 0.6 is 12.2 Å². The van der Waals surface area contributed by atoms with Gasteiger partial charge in [-0.05, 0) is 30.6 Å². The Labute approximate surface area is 146 Å². The van der Waals surface area contributed by atoms with E-state index in [0.29, 0.717) is 12.8 Å². The van der Waals surface area contributed by atoms with Crippen LogP contribution in [0.1, 0.15) is 18.9 Å². The van der Waals surface area contributed by atoms with Crippen molar-refractivity contribution < 1.29 is 39.1 Å². The van der Waals surface area contributed by atoms with E-state index in [4.69, 9.17) is 12.2 Å². The normalized spacial score (nSPS) is 22.3. The summed E-state index contributed by atoms with van der Waals surface area (Å²) >= 11 is 4.97. The molecule has 1 aromatic carbocycles. The molecule has 0 spiro atoms. The predicted molar refractivity (Wildman–Crippen MR) is 76.4 cm³/mol. The monoisotopic (exact) mass is 299 g/mol. The van der Waals surface area contributed by atoms with Crippen LogP contribution in [0.5, 0.6) is 0 Å².